The van der Waals surface area contributed by atoms with Crippen molar-refractivity contribution >= 4 is 51.9 Å². The Morgan fingerprint density at radius 1 is 1.00 bits per heavy atom. The van der Waals surface area contributed by atoms with Crippen molar-refractivity contribution in [3.8, 4) is 5.75 Å². The lowest BCUT2D eigenvalue weighted by atomic mass is 10.2. The average Bonchev–Trinajstić information content (AvgIpc) is 2.39. The van der Waals surface area contributed by atoms with Crippen LogP contribution in [0.3, 0.4) is 0 Å². The summed E-state index contributed by atoms with van der Waals surface area (Å²) in [5.74, 6) is 0.617. The van der Waals surface area contributed by atoms with Gasteiger partial charge in [-0.05, 0) is 38.1 Å². The summed E-state index contributed by atoms with van der Waals surface area (Å²) >= 11 is 18.1. The highest BCUT2D eigenvalue weighted by molar-refractivity contribution is 6.44. The van der Waals surface area contributed by atoms with E-state index < -0.39 is 0 Å². The van der Waals surface area contributed by atoms with Crippen molar-refractivity contribution in [3.05, 3.63) is 45.4 Å². The van der Waals surface area contributed by atoms with E-state index in [1.54, 1.807) is 18.2 Å². The lowest BCUT2D eigenvalue weighted by Crippen LogP contribution is -2.07. The van der Waals surface area contributed by atoms with Gasteiger partial charge in [0, 0.05) is 11.8 Å². The predicted molar refractivity (Wildman–Crippen MR) is 91.4 cm³/mol. The minimum atomic E-state index is 0.0381. The molecule has 0 aliphatic heterocycles. The van der Waals surface area contributed by atoms with E-state index in [-0.39, 0.29) is 6.10 Å². The number of hydrogen-bond acceptors (Lipinski definition) is 3. The second-order valence-corrected chi connectivity index (χ2v) is 6.01. The Kier molecular flexibility index (Phi) is 5.09. The number of ether oxygens (including phenoxy) is 1. The second-order valence-electron chi connectivity index (χ2n) is 4.79. The summed E-state index contributed by atoms with van der Waals surface area (Å²) in [5.41, 5.74) is 7.92. The summed E-state index contributed by atoms with van der Waals surface area (Å²) in [7, 11) is 0. The zero-order valence-corrected chi connectivity index (χ0v) is 13.9. The number of hydrogen-bond donors (Lipinski definition) is 2. The summed E-state index contributed by atoms with van der Waals surface area (Å²) < 4.78 is 5.65. The summed E-state index contributed by atoms with van der Waals surface area (Å²) in [6.45, 7) is 3.88. The fourth-order valence-corrected chi connectivity index (χ4v) is 2.34. The van der Waals surface area contributed by atoms with Crippen LogP contribution >= 0.6 is 34.8 Å². The van der Waals surface area contributed by atoms with Gasteiger partial charge in [-0.2, -0.15) is 0 Å². The van der Waals surface area contributed by atoms with E-state index in [9.17, 15) is 0 Å². The first-order valence-electron chi connectivity index (χ1n) is 6.34. The van der Waals surface area contributed by atoms with Crippen LogP contribution in [-0.4, -0.2) is 6.10 Å². The quantitative estimate of drug-likeness (QED) is 0.547. The van der Waals surface area contributed by atoms with Gasteiger partial charge < -0.3 is 15.8 Å². The van der Waals surface area contributed by atoms with Crippen LogP contribution in [0.25, 0.3) is 0 Å². The Labute approximate surface area is 138 Å². The van der Waals surface area contributed by atoms with Crippen LogP contribution in [-0.2, 0) is 0 Å². The number of halogens is 3. The van der Waals surface area contributed by atoms with E-state index in [4.69, 9.17) is 45.3 Å². The molecule has 0 aromatic heterocycles. The maximum atomic E-state index is 6.15. The van der Waals surface area contributed by atoms with E-state index in [1.807, 2.05) is 26.0 Å². The van der Waals surface area contributed by atoms with Crippen molar-refractivity contribution < 1.29 is 4.74 Å². The van der Waals surface area contributed by atoms with Crippen molar-refractivity contribution in [2.45, 2.75) is 20.0 Å². The SMILES string of the molecule is CC(C)Oc1cc(Nc2cc(Cl)c(Cl)cc2Cl)ccc1N. The van der Waals surface area contributed by atoms with Gasteiger partial charge in [0.1, 0.15) is 5.75 Å². The van der Waals surface area contributed by atoms with Crippen LogP contribution in [0.5, 0.6) is 5.75 Å². The predicted octanol–water partition coefficient (Wildman–Crippen LogP) is 5.76. The third-order valence-corrected chi connectivity index (χ3v) is 3.70. The molecule has 2 aromatic rings. The normalized spacial score (nSPS) is 10.8. The molecule has 0 spiro atoms. The van der Waals surface area contributed by atoms with Gasteiger partial charge in [0.2, 0.25) is 0 Å². The molecule has 0 bridgehead atoms. The first kappa shape index (κ1) is 16.1. The van der Waals surface area contributed by atoms with Crippen LogP contribution in [0.4, 0.5) is 17.1 Å². The molecule has 0 fully saturated rings. The molecule has 0 unspecified atom stereocenters. The van der Waals surface area contributed by atoms with Gasteiger partial charge in [0.25, 0.3) is 0 Å². The minimum absolute atomic E-state index is 0.0381. The molecule has 2 aromatic carbocycles. The van der Waals surface area contributed by atoms with Crippen molar-refractivity contribution in [2.24, 2.45) is 0 Å². The zero-order chi connectivity index (χ0) is 15.6. The molecule has 2 rings (SSSR count). The molecule has 0 radical (unpaired) electrons. The molecule has 0 aliphatic carbocycles. The first-order chi connectivity index (χ1) is 9.86. The lowest BCUT2D eigenvalue weighted by Gasteiger charge is -2.15. The zero-order valence-electron chi connectivity index (χ0n) is 11.6. The van der Waals surface area contributed by atoms with E-state index in [2.05, 4.69) is 5.32 Å². The Hall–Kier alpha value is -1.29. The van der Waals surface area contributed by atoms with Crippen LogP contribution in [0.2, 0.25) is 15.1 Å². The third-order valence-electron chi connectivity index (χ3n) is 2.67. The molecule has 3 N–H and O–H groups in total. The van der Waals surface area contributed by atoms with Crippen LogP contribution in [0.15, 0.2) is 30.3 Å². The fraction of sp³-hybridized carbons (Fsp3) is 0.200. The molecular weight excluding hydrogens is 331 g/mol. The highest BCUT2D eigenvalue weighted by atomic mass is 35.5. The van der Waals surface area contributed by atoms with Gasteiger partial charge >= 0.3 is 0 Å². The molecule has 112 valence electrons. The second kappa shape index (κ2) is 6.65. The van der Waals surface area contributed by atoms with E-state index >= 15 is 0 Å². The van der Waals surface area contributed by atoms with E-state index in [0.717, 1.165) is 5.69 Å². The Morgan fingerprint density at radius 2 is 1.67 bits per heavy atom. The summed E-state index contributed by atoms with van der Waals surface area (Å²) in [5, 5.41) is 4.49. The maximum absolute atomic E-state index is 6.15. The van der Waals surface area contributed by atoms with Crippen molar-refractivity contribution in [1.29, 1.82) is 0 Å². The molecule has 0 aliphatic rings. The van der Waals surface area contributed by atoms with E-state index in [1.165, 1.54) is 0 Å². The molecule has 3 nitrogen and oxygen atoms in total. The minimum Gasteiger partial charge on any atom is -0.489 e. The average molecular weight is 346 g/mol. The van der Waals surface area contributed by atoms with Crippen LogP contribution in [0, 0.1) is 0 Å². The molecule has 0 saturated carbocycles. The number of nitrogens with one attached hydrogen (secondary N) is 1. The Balaban J connectivity index is 2.30. The summed E-state index contributed by atoms with van der Waals surface area (Å²) in [4.78, 5) is 0. The molecule has 0 amide bonds. The number of nitrogen functional groups attached to an aromatic ring is 1. The molecule has 0 heterocycles. The third kappa shape index (κ3) is 4.10. The molecule has 21 heavy (non-hydrogen) atoms. The molecule has 0 saturated heterocycles. The number of benzene rings is 2. The smallest absolute Gasteiger partial charge is 0.144 e. The molecular formula is C15H15Cl3N2O. The molecule has 6 heteroatoms. The monoisotopic (exact) mass is 344 g/mol. The van der Waals surface area contributed by atoms with Gasteiger partial charge in [-0.25, -0.2) is 0 Å². The van der Waals surface area contributed by atoms with Crippen molar-refractivity contribution in [3.63, 3.8) is 0 Å². The number of anilines is 3. The van der Waals surface area contributed by atoms with Gasteiger partial charge in [0.05, 0.1) is 32.5 Å². The van der Waals surface area contributed by atoms with Crippen LogP contribution < -0.4 is 15.8 Å². The lowest BCUT2D eigenvalue weighted by molar-refractivity contribution is 0.244. The fourth-order valence-electron chi connectivity index (χ4n) is 1.74. The summed E-state index contributed by atoms with van der Waals surface area (Å²) in [6, 6.07) is 8.68. The highest BCUT2D eigenvalue weighted by Gasteiger charge is 2.09. The Bertz CT molecular complexity index is 660. The highest BCUT2D eigenvalue weighted by Crippen LogP contribution is 2.35. The van der Waals surface area contributed by atoms with Gasteiger partial charge in [-0.3, -0.25) is 0 Å². The van der Waals surface area contributed by atoms with Gasteiger partial charge in [-0.1, -0.05) is 34.8 Å². The summed E-state index contributed by atoms with van der Waals surface area (Å²) in [6.07, 6.45) is 0.0381. The Morgan fingerprint density at radius 3 is 2.33 bits per heavy atom. The first-order valence-corrected chi connectivity index (χ1v) is 7.48. The van der Waals surface area contributed by atoms with Crippen molar-refractivity contribution in [2.75, 3.05) is 11.1 Å². The van der Waals surface area contributed by atoms with E-state index in [0.29, 0.717) is 32.2 Å². The maximum Gasteiger partial charge on any atom is 0.144 e. The largest absolute Gasteiger partial charge is 0.489 e. The van der Waals surface area contributed by atoms with Crippen LogP contribution in [0.1, 0.15) is 13.8 Å². The standard InChI is InChI=1S/C15H15Cl3N2O/c1-8(2)21-15-5-9(3-4-13(15)19)20-14-7-11(17)10(16)6-12(14)18/h3-8,20H,19H2,1-2H3. The molecule has 0 atom stereocenters. The topological polar surface area (TPSA) is 47.3 Å². The number of rotatable bonds is 4. The van der Waals surface area contributed by atoms with Gasteiger partial charge in [-0.15, -0.1) is 0 Å². The number of nitrogens with two attached hydrogens (primary N) is 1. The van der Waals surface area contributed by atoms with Gasteiger partial charge in [0.15, 0.2) is 0 Å². The van der Waals surface area contributed by atoms with Crippen molar-refractivity contribution in [1.82, 2.24) is 0 Å².